The summed E-state index contributed by atoms with van der Waals surface area (Å²) in [6, 6.07) is -0.552. The quantitative estimate of drug-likeness (QED) is 0.861. The van der Waals surface area contributed by atoms with Gasteiger partial charge in [0.15, 0.2) is 0 Å². The highest BCUT2D eigenvalue weighted by molar-refractivity contribution is 8.00. The predicted octanol–water partition coefficient (Wildman–Crippen LogP) is 2.17. The second-order valence-electron chi connectivity index (χ2n) is 5.25. The highest BCUT2D eigenvalue weighted by Crippen LogP contribution is 2.34. The number of carboxylic acids is 1. The predicted molar refractivity (Wildman–Crippen MR) is 83.3 cm³/mol. The summed E-state index contributed by atoms with van der Waals surface area (Å²) in [5.41, 5.74) is 0. The van der Waals surface area contributed by atoms with Gasteiger partial charge in [-0.1, -0.05) is 13.3 Å². The number of amides is 2. The molecule has 0 aromatic heterocycles. The van der Waals surface area contributed by atoms with Gasteiger partial charge in [0.25, 0.3) is 0 Å². The zero-order valence-electron chi connectivity index (χ0n) is 11.9. The molecule has 2 saturated heterocycles. The topological polar surface area (TPSA) is 60.9 Å². The lowest BCUT2D eigenvalue weighted by Crippen LogP contribution is -2.53. The molecular formula is C13H22N2O3S2. The monoisotopic (exact) mass is 318 g/mol. The Kier molecular flexibility index (Phi) is 5.49. The minimum atomic E-state index is -0.890. The lowest BCUT2D eigenvalue weighted by Gasteiger charge is -2.34. The summed E-state index contributed by atoms with van der Waals surface area (Å²) in [5.74, 6) is 1.65. The summed E-state index contributed by atoms with van der Waals surface area (Å²) in [5, 5.41) is 9.34. The summed E-state index contributed by atoms with van der Waals surface area (Å²) in [6.07, 6.45) is 2.81. The van der Waals surface area contributed by atoms with Crippen LogP contribution < -0.4 is 0 Å². The van der Waals surface area contributed by atoms with Gasteiger partial charge in [-0.15, -0.1) is 11.8 Å². The van der Waals surface area contributed by atoms with Crippen molar-refractivity contribution in [1.29, 1.82) is 0 Å². The fraction of sp³-hybridized carbons (Fsp3) is 0.846. The lowest BCUT2D eigenvalue weighted by atomic mass is 10.2. The van der Waals surface area contributed by atoms with Crippen molar-refractivity contribution < 1.29 is 14.7 Å². The third-order valence-corrected chi connectivity index (χ3v) is 6.39. The number of hydrogen-bond donors (Lipinski definition) is 1. The molecule has 2 heterocycles. The zero-order valence-corrected chi connectivity index (χ0v) is 13.6. The molecule has 0 radical (unpaired) electrons. The number of thioether (sulfide) groups is 2. The van der Waals surface area contributed by atoms with Crippen LogP contribution in [0, 0.1) is 0 Å². The molecule has 114 valence electrons. The third kappa shape index (κ3) is 3.19. The van der Waals surface area contributed by atoms with Crippen LogP contribution in [-0.2, 0) is 4.79 Å². The fourth-order valence-corrected chi connectivity index (χ4v) is 5.42. The molecule has 3 atom stereocenters. The van der Waals surface area contributed by atoms with Crippen LogP contribution in [0.3, 0.4) is 0 Å². The highest BCUT2D eigenvalue weighted by Gasteiger charge is 2.43. The first kappa shape index (κ1) is 15.8. The van der Waals surface area contributed by atoms with Crippen molar-refractivity contribution in [2.45, 2.75) is 43.6 Å². The van der Waals surface area contributed by atoms with Crippen molar-refractivity contribution in [3.63, 3.8) is 0 Å². The highest BCUT2D eigenvalue weighted by atomic mass is 32.2. The van der Waals surface area contributed by atoms with Crippen LogP contribution in [0.5, 0.6) is 0 Å². The molecule has 20 heavy (non-hydrogen) atoms. The number of carboxylic acid groups (broad SMARTS) is 1. The Hall–Kier alpha value is -0.560. The van der Waals surface area contributed by atoms with Crippen molar-refractivity contribution in [2.75, 3.05) is 24.3 Å². The van der Waals surface area contributed by atoms with E-state index in [0.29, 0.717) is 5.75 Å². The minimum absolute atomic E-state index is 0.00473. The summed E-state index contributed by atoms with van der Waals surface area (Å²) >= 11 is 3.45. The van der Waals surface area contributed by atoms with E-state index < -0.39 is 12.0 Å². The fourth-order valence-electron chi connectivity index (χ4n) is 2.65. The Bertz CT molecular complexity index is 375. The largest absolute Gasteiger partial charge is 0.480 e. The van der Waals surface area contributed by atoms with E-state index >= 15 is 0 Å². The van der Waals surface area contributed by atoms with E-state index in [4.69, 9.17) is 0 Å². The molecule has 2 fully saturated rings. The van der Waals surface area contributed by atoms with Crippen molar-refractivity contribution in [2.24, 2.45) is 0 Å². The molecule has 0 aromatic rings. The van der Waals surface area contributed by atoms with Gasteiger partial charge in [0, 0.05) is 24.6 Å². The first-order valence-electron chi connectivity index (χ1n) is 7.03. The maximum atomic E-state index is 12.7. The lowest BCUT2D eigenvalue weighted by molar-refractivity contribution is -0.141. The maximum absolute atomic E-state index is 12.7. The molecule has 5 nitrogen and oxygen atoms in total. The van der Waals surface area contributed by atoms with Crippen LogP contribution in [0.15, 0.2) is 0 Å². The SMILES string of the molecule is CCCC1SCC(C(=O)O)N1C(=O)N(C)C1CCSC1. The number of carbonyl (C=O) groups is 2. The van der Waals surface area contributed by atoms with E-state index in [0.717, 1.165) is 30.8 Å². The summed E-state index contributed by atoms with van der Waals surface area (Å²) in [7, 11) is 1.81. The van der Waals surface area contributed by atoms with Gasteiger partial charge in [-0.2, -0.15) is 11.8 Å². The minimum Gasteiger partial charge on any atom is -0.480 e. The van der Waals surface area contributed by atoms with Gasteiger partial charge in [0.05, 0.1) is 5.37 Å². The molecule has 1 N–H and O–H groups in total. The molecule has 0 spiro atoms. The average Bonchev–Trinajstić information content (AvgIpc) is 3.06. The molecule has 2 amide bonds. The molecular weight excluding hydrogens is 296 g/mol. The molecule has 0 saturated carbocycles. The van der Waals surface area contributed by atoms with Gasteiger partial charge in [0.2, 0.25) is 0 Å². The van der Waals surface area contributed by atoms with E-state index in [1.165, 1.54) is 0 Å². The molecule has 0 aliphatic carbocycles. The second-order valence-corrected chi connectivity index (χ2v) is 7.61. The summed E-state index contributed by atoms with van der Waals surface area (Å²) < 4.78 is 0. The van der Waals surface area contributed by atoms with Crippen LogP contribution in [0.25, 0.3) is 0 Å². The Morgan fingerprint density at radius 1 is 1.40 bits per heavy atom. The van der Waals surface area contributed by atoms with Gasteiger partial charge in [-0.05, 0) is 18.6 Å². The van der Waals surface area contributed by atoms with Crippen LogP contribution in [-0.4, -0.2) is 68.7 Å². The number of rotatable bonds is 4. The van der Waals surface area contributed by atoms with E-state index in [-0.39, 0.29) is 17.4 Å². The van der Waals surface area contributed by atoms with Crippen LogP contribution in [0.2, 0.25) is 0 Å². The number of hydrogen-bond acceptors (Lipinski definition) is 4. The number of nitrogens with zero attached hydrogens (tertiary/aromatic N) is 2. The number of urea groups is 1. The summed E-state index contributed by atoms with van der Waals surface area (Å²) in [4.78, 5) is 27.4. The van der Waals surface area contributed by atoms with E-state index in [2.05, 4.69) is 6.92 Å². The van der Waals surface area contributed by atoms with Crippen LogP contribution in [0.1, 0.15) is 26.2 Å². The molecule has 2 aliphatic heterocycles. The summed E-state index contributed by atoms with van der Waals surface area (Å²) in [6.45, 7) is 2.06. The first-order chi connectivity index (χ1) is 9.56. The van der Waals surface area contributed by atoms with Crippen LogP contribution in [0.4, 0.5) is 4.79 Å². The van der Waals surface area contributed by atoms with E-state index in [1.807, 2.05) is 18.8 Å². The Morgan fingerprint density at radius 3 is 2.70 bits per heavy atom. The normalized spacial score (nSPS) is 29.7. The molecule has 3 unspecified atom stereocenters. The van der Waals surface area contributed by atoms with Gasteiger partial charge in [0.1, 0.15) is 6.04 Å². The Labute approximate surface area is 128 Å². The molecule has 2 aliphatic rings. The molecule has 0 aromatic carbocycles. The van der Waals surface area contributed by atoms with E-state index in [9.17, 15) is 14.7 Å². The number of aliphatic carboxylic acids is 1. The van der Waals surface area contributed by atoms with Crippen molar-refractivity contribution in [3.05, 3.63) is 0 Å². The van der Waals surface area contributed by atoms with Gasteiger partial charge < -0.3 is 10.0 Å². The van der Waals surface area contributed by atoms with Crippen molar-refractivity contribution in [1.82, 2.24) is 9.80 Å². The first-order valence-corrected chi connectivity index (χ1v) is 9.23. The standard InChI is InChI=1S/C13H22N2O3S2/c1-3-4-11-15(10(8-20-11)12(16)17)13(18)14(2)9-5-6-19-7-9/h9-11H,3-8H2,1-2H3,(H,16,17). The molecule has 0 bridgehead atoms. The average molecular weight is 318 g/mol. The van der Waals surface area contributed by atoms with Gasteiger partial charge in [-0.3, -0.25) is 4.90 Å². The van der Waals surface area contributed by atoms with Crippen molar-refractivity contribution >= 4 is 35.5 Å². The van der Waals surface area contributed by atoms with Gasteiger partial charge in [-0.25, -0.2) is 9.59 Å². The second kappa shape index (κ2) is 6.93. The van der Waals surface area contributed by atoms with Gasteiger partial charge >= 0.3 is 12.0 Å². The zero-order chi connectivity index (χ0) is 14.7. The van der Waals surface area contributed by atoms with Crippen molar-refractivity contribution in [3.8, 4) is 0 Å². The molecule has 7 heteroatoms. The Morgan fingerprint density at radius 2 is 2.15 bits per heavy atom. The van der Waals surface area contributed by atoms with E-state index in [1.54, 1.807) is 21.6 Å². The maximum Gasteiger partial charge on any atom is 0.327 e. The number of carbonyl (C=O) groups excluding carboxylic acids is 1. The Balaban J connectivity index is 2.11. The van der Waals surface area contributed by atoms with Crippen LogP contribution >= 0.6 is 23.5 Å². The molecule has 2 rings (SSSR count). The smallest absolute Gasteiger partial charge is 0.327 e. The third-order valence-electron chi connectivity index (χ3n) is 3.89.